The molecule has 6 heteroatoms. The number of ketones is 1. The molecule has 1 unspecified atom stereocenters. The van der Waals surface area contributed by atoms with E-state index in [2.05, 4.69) is 27.8 Å². The van der Waals surface area contributed by atoms with Gasteiger partial charge in [0.25, 0.3) is 0 Å². The predicted molar refractivity (Wildman–Crippen MR) is 82.1 cm³/mol. The molecule has 1 saturated carbocycles. The molecule has 0 aliphatic heterocycles. The van der Waals surface area contributed by atoms with Gasteiger partial charge in [-0.3, -0.25) is 4.79 Å². The van der Waals surface area contributed by atoms with E-state index in [1.807, 2.05) is 11.4 Å². The number of thioether (sulfide) groups is 1. The van der Waals surface area contributed by atoms with Gasteiger partial charge in [0.2, 0.25) is 0 Å². The number of rotatable bonds is 4. The van der Waals surface area contributed by atoms with Crippen molar-refractivity contribution >= 4 is 28.9 Å². The molecule has 0 amide bonds. The van der Waals surface area contributed by atoms with Crippen molar-refractivity contribution in [1.29, 1.82) is 0 Å². The van der Waals surface area contributed by atoms with Crippen LogP contribution in [0.25, 0.3) is 10.7 Å². The van der Waals surface area contributed by atoms with Crippen molar-refractivity contribution in [2.24, 2.45) is 0 Å². The Kier molecular flexibility index (Phi) is 4.21. The van der Waals surface area contributed by atoms with Gasteiger partial charge >= 0.3 is 0 Å². The SMILES string of the molecule is CCn1c(SC2CCCCC2=O)nnc1-c1cccs1. The van der Waals surface area contributed by atoms with Crippen LogP contribution in [0.1, 0.15) is 32.6 Å². The van der Waals surface area contributed by atoms with Crippen LogP contribution in [-0.4, -0.2) is 25.8 Å². The third-order valence-corrected chi connectivity index (χ3v) is 5.68. The summed E-state index contributed by atoms with van der Waals surface area (Å²) in [7, 11) is 0. The largest absolute Gasteiger partial charge is 0.302 e. The van der Waals surface area contributed by atoms with Gasteiger partial charge < -0.3 is 4.57 Å². The van der Waals surface area contributed by atoms with E-state index in [-0.39, 0.29) is 5.25 Å². The number of carbonyl (C=O) groups excluding carboxylic acids is 1. The normalized spacial score (nSPS) is 19.4. The topological polar surface area (TPSA) is 47.8 Å². The molecular weight excluding hydrogens is 290 g/mol. The molecule has 0 aromatic carbocycles. The Morgan fingerprint density at radius 3 is 3.05 bits per heavy atom. The van der Waals surface area contributed by atoms with Gasteiger partial charge in [0.1, 0.15) is 5.78 Å². The molecule has 2 heterocycles. The quantitative estimate of drug-likeness (QED) is 0.865. The van der Waals surface area contributed by atoms with Crippen molar-refractivity contribution < 1.29 is 4.79 Å². The molecule has 1 fully saturated rings. The highest BCUT2D eigenvalue weighted by Crippen LogP contribution is 2.33. The zero-order valence-electron chi connectivity index (χ0n) is 11.4. The van der Waals surface area contributed by atoms with Gasteiger partial charge in [0.05, 0.1) is 10.1 Å². The fourth-order valence-electron chi connectivity index (χ4n) is 2.45. The van der Waals surface area contributed by atoms with E-state index in [0.717, 1.165) is 48.1 Å². The summed E-state index contributed by atoms with van der Waals surface area (Å²) < 4.78 is 2.11. The average molecular weight is 307 g/mol. The first-order valence-electron chi connectivity index (χ1n) is 6.96. The fourth-order valence-corrected chi connectivity index (χ4v) is 4.39. The summed E-state index contributed by atoms with van der Waals surface area (Å²) in [5, 5.41) is 11.6. The second kappa shape index (κ2) is 6.10. The average Bonchev–Trinajstić information content (AvgIpc) is 3.10. The lowest BCUT2D eigenvalue weighted by Gasteiger charge is -2.19. The monoisotopic (exact) mass is 307 g/mol. The molecule has 0 N–H and O–H groups in total. The molecule has 0 saturated heterocycles. The molecule has 20 heavy (non-hydrogen) atoms. The van der Waals surface area contributed by atoms with Gasteiger partial charge in [0, 0.05) is 13.0 Å². The summed E-state index contributed by atoms with van der Waals surface area (Å²) in [6.45, 7) is 2.91. The van der Waals surface area contributed by atoms with Crippen LogP contribution in [-0.2, 0) is 11.3 Å². The minimum absolute atomic E-state index is 0.0643. The first-order chi connectivity index (χ1) is 9.79. The second-order valence-corrected chi connectivity index (χ2v) is 6.96. The van der Waals surface area contributed by atoms with Crippen LogP contribution in [0, 0.1) is 0 Å². The van der Waals surface area contributed by atoms with Gasteiger partial charge in [-0.25, -0.2) is 0 Å². The smallest absolute Gasteiger partial charge is 0.192 e. The van der Waals surface area contributed by atoms with Crippen LogP contribution in [0.15, 0.2) is 22.7 Å². The molecule has 2 aromatic heterocycles. The van der Waals surface area contributed by atoms with Gasteiger partial charge in [-0.1, -0.05) is 24.2 Å². The molecule has 0 bridgehead atoms. The molecule has 2 aromatic rings. The Bertz CT molecular complexity index is 592. The number of hydrogen-bond donors (Lipinski definition) is 0. The molecule has 0 spiro atoms. The van der Waals surface area contributed by atoms with E-state index in [0.29, 0.717) is 5.78 Å². The zero-order valence-corrected chi connectivity index (χ0v) is 13.0. The third-order valence-electron chi connectivity index (χ3n) is 3.52. The van der Waals surface area contributed by atoms with E-state index < -0.39 is 0 Å². The number of Topliss-reactive ketones (excluding diaryl/α,β-unsaturated/α-hetero) is 1. The summed E-state index contributed by atoms with van der Waals surface area (Å²) >= 11 is 3.25. The number of nitrogens with zero attached hydrogens (tertiary/aromatic N) is 3. The van der Waals surface area contributed by atoms with E-state index in [4.69, 9.17) is 0 Å². The number of carbonyl (C=O) groups is 1. The standard InChI is InChI=1S/C14H17N3OS2/c1-2-17-13(12-8-5-9-19-12)15-16-14(17)20-11-7-4-3-6-10(11)18/h5,8-9,11H,2-4,6-7H2,1H3. The predicted octanol–water partition coefficient (Wildman–Crippen LogP) is 3.63. The lowest BCUT2D eigenvalue weighted by molar-refractivity contribution is -0.119. The maximum atomic E-state index is 12.0. The summed E-state index contributed by atoms with van der Waals surface area (Å²) in [5.74, 6) is 1.28. The fraction of sp³-hybridized carbons (Fsp3) is 0.500. The lowest BCUT2D eigenvalue weighted by atomic mass is 9.99. The van der Waals surface area contributed by atoms with Crippen LogP contribution in [0.5, 0.6) is 0 Å². The Hall–Kier alpha value is -1.14. The molecule has 1 aliphatic rings. The van der Waals surface area contributed by atoms with Crippen molar-refractivity contribution in [2.45, 2.75) is 49.6 Å². The van der Waals surface area contributed by atoms with Crippen LogP contribution < -0.4 is 0 Å². The molecular formula is C14H17N3OS2. The number of hydrogen-bond acceptors (Lipinski definition) is 5. The van der Waals surface area contributed by atoms with Gasteiger partial charge in [-0.15, -0.1) is 21.5 Å². The van der Waals surface area contributed by atoms with E-state index in [9.17, 15) is 4.79 Å². The van der Waals surface area contributed by atoms with Crippen LogP contribution in [0.4, 0.5) is 0 Å². The molecule has 1 atom stereocenters. The van der Waals surface area contributed by atoms with Crippen molar-refractivity contribution in [3.8, 4) is 10.7 Å². The highest BCUT2D eigenvalue weighted by molar-refractivity contribution is 8.00. The first-order valence-corrected chi connectivity index (χ1v) is 8.72. The second-order valence-electron chi connectivity index (χ2n) is 4.85. The lowest BCUT2D eigenvalue weighted by Crippen LogP contribution is -2.21. The van der Waals surface area contributed by atoms with Crippen LogP contribution in [0.2, 0.25) is 0 Å². The molecule has 1 aliphatic carbocycles. The van der Waals surface area contributed by atoms with Gasteiger partial charge in [0.15, 0.2) is 11.0 Å². The van der Waals surface area contributed by atoms with Crippen LogP contribution >= 0.6 is 23.1 Å². The first kappa shape index (κ1) is 13.8. The van der Waals surface area contributed by atoms with Crippen molar-refractivity contribution in [3.63, 3.8) is 0 Å². The Balaban J connectivity index is 1.85. The Labute approximate surface area is 126 Å². The highest BCUT2D eigenvalue weighted by atomic mass is 32.2. The van der Waals surface area contributed by atoms with E-state index in [1.165, 1.54) is 0 Å². The number of thiophene rings is 1. The van der Waals surface area contributed by atoms with E-state index in [1.54, 1.807) is 23.1 Å². The summed E-state index contributed by atoms with van der Waals surface area (Å²) in [5.41, 5.74) is 0. The number of aromatic nitrogens is 3. The minimum atomic E-state index is 0.0643. The summed E-state index contributed by atoms with van der Waals surface area (Å²) in [6.07, 6.45) is 3.86. The van der Waals surface area contributed by atoms with Crippen molar-refractivity contribution in [2.75, 3.05) is 0 Å². The Morgan fingerprint density at radius 2 is 2.35 bits per heavy atom. The third kappa shape index (κ3) is 2.67. The van der Waals surface area contributed by atoms with Gasteiger partial charge in [-0.05, 0) is 31.2 Å². The maximum absolute atomic E-state index is 12.0. The minimum Gasteiger partial charge on any atom is -0.302 e. The molecule has 106 valence electrons. The van der Waals surface area contributed by atoms with Crippen molar-refractivity contribution in [1.82, 2.24) is 14.8 Å². The molecule has 4 nitrogen and oxygen atoms in total. The van der Waals surface area contributed by atoms with E-state index >= 15 is 0 Å². The van der Waals surface area contributed by atoms with Gasteiger partial charge in [-0.2, -0.15) is 0 Å². The summed E-state index contributed by atoms with van der Waals surface area (Å²) in [6, 6.07) is 4.08. The highest BCUT2D eigenvalue weighted by Gasteiger charge is 2.26. The molecule has 3 rings (SSSR count). The van der Waals surface area contributed by atoms with Crippen molar-refractivity contribution in [3.05, 3.63) is 17.5 Å². The molecule has 0 radical (unpaired) electrons. The van der Waals surface area contributed by atoms with Crippen LogP contribution in [0.3, 0.4) is 0 Å². The summed E-state index contributed by atoms with van der Waals surface area (Å²) in [4.78, 5) is 13.1. The maximum Gasteiger partial charge on any atom is 0.192 e. The zero-order chi connectivity index (χ0) is 13.9. The Morgan fingerprint density at radius 1 is 1.45 bits per heavy atom.